The Bertz CT molecular complexity index is 8.26. The summed E-state index contributed by atoms with van der Waals surface area (Å²) in [6, 6.07) is 0. The molecular weight excluding hydrogens is 168 g/mol. The highest BCUT2D eigenvalue weighted by molar-refractivity contribution is 7.59. The maximum Gasteiger partial charge on any atom is -0.0776 e. The number of rotatable bonds is 0. The predicted octanol–water partition coefficient (Wildman–Crippen LogP) is 4.16. The first kappa shape index (κ1) is 747. The summed E-state index contributed by atoms with van der Waals surface area (Å²) < 4.78 is 0. The molecule has 0 spiro atoms. The normalized spacial score (nSPS) is 0. The molecule has 0 saturated heterocycles. The lowest BCUT2D eigenvalue weighted by atomic mass is 12.0. The Morgan fingerprint density at radius 1 is 0.222 bits per heavy atom. The van der Waals surface area contributed by atoms with Gasteiger partial charge in [0.2, 0.25) is 0 Å². The molecule has 0 nitrogen and oxygen atoms in total. The van der Waals surface area contributed by atoms with Gasteiger partial charge in [-0.05, 0) is 0 Å². The van der Waals surface area contributed by atoms with Gasteiger partial charge in [-0.2, -0.15) is 40.5 Å². The molecule has 0 amide bonds. The smallest absolute Gasteiger partial charge is 0.0776 e. The first-order chi connectivity index (χ1) is 0. The van der Waals surface area contributed by atoms with Crippen LogP contribution in [0.25, 0.3) is 0 Å². The van der Waals surface area contributed by atoms with Crippen LogP contribution in [0.15, 0.2) is 0 Å². The van der Waals surface area contributed by atoms with Gasteiger partial charge in [0.15, 0.2) is 0 Å². The Morgan fingerprint density at radius 2 is 0.222 bits per heavy atom. The minimum Gasteiger partial charge on any atom is -0.197 e. The second kappa shape index (κ2) is 532. The third-order valence-electron chi connectivity index (χ3n) is 0. The molecule has 3 heteroatoms. The van der Waals surface area contributed by atoms with Gasteiger partial charge in [0.25, 0.3) is 0 Å². The highest BCUT2D eigenvalue weighted by Crippen LogP contribution is 0.650. The lowest BCUT2D eigenvalue weighted by Gasteiger charge is -0.198. The molecule has 0 heterocycles. The fourth-order valence-corrected chi connectivity index (χ4v) is 0. The topological polar surface area (TPSA) is 0 Å². The van der Waals surface area contributed by atoms with Gasteiger partial charge in [-0.1, -0.05) is 44.6 Å². The van der Waals surface area contributed by atoms with Gasteiger partial charge in [-0.25, -0.2) is 0 Å². The molecule has 0 unspecified atom stereocenters. The highest BCUT2D eigenvalue weighted by atomic mass is 32.1. The summed E-state index contributed by atoms with van der Waals surface area (Å²) in [5, 5.41) is 0. The van der Waals surface area contributed by atoms with Crippen LogP contribution in [0.1, 0.15) is 44.6 Å². The Morgan fingerprint density at radius 3 is 0.222 bits per heavy atom. The summed E-state index contributed by atoms with van der Waals surface area (Å²) in [5.41, 5.74) is 0. The molecule has 0 fully saturated rings. The summed E-state index contributed by atoms with van der Waals surface area (Å²) in [6.07, 6.45) is 0. The molecule has 0 aliphatic heterocycles. The predicted molar refractivity (Wildman–Crippen MR) is 71.5 cm³/mol. The van der Waals surface area contributed by atoms with E-state index >= 15 is 0 Å². The van der Waals surface area contributed by atoms with Crippen molar-refractivity contribution >= 4 is 40.5 Å². The van der Waals surface area contributed by atoms with Gasteiger partial charge >= 0.3 is 0 Å². The van der Waals surface area contributed by atoms with Crippen LogP contribution < -0.4 is 0 Å². The largest absolute Gasteiger partial charge is 0.197 e. The van der Waals surface area contributed by atoms with E-state index in [2.05, 4.69) is 0 Å². The molecule has 0 bridgehead atoms. The third-order valence-corrected chi connectivity index (χ3v) is 0. The molecule has 0 radical (unpaired) electrons. The van der Waals surface area contributed by atoms with E-state index in [4.69, 9.17) is 0 Å². The number of hydrogen-bond acceptors (Lipinski definition) is 0. The van der Waals surface area contributed by atoms with Gasteiger partial charge in [0.05, 0.1) is 0 Å². The van der Waals surface area contributed by atoms with Crippen LogP contribution in [-0.2, 0) is 0 Å². The molecule has 0 aromatic heterocycles. The lowest BCUT2D eigenvalue weighted by molar-refractivity contribution is 2.50. The maximum atomic E-state index is 0. The van der Waals surface area contributed by atoms with E-state index in [1.165, 1.54) is 0 Å². The third kappa shape index (κ3) is 408. The molecule has 0 aliphatic carbocycles. The van der Waals surface area contributed by atoms with E-state index in [1.807, 2.05) is 0 Å². The van der Waals surface area contributed by atoms with Crippen molar-refractivity contribution < 1.29 is 0 Å². The van der Waals surface area contributed by atoms with Crippen molar-refractivity contribution in [3.63, 3.8) is 0 Å². The van der Waals surface area contributed by atoms with Crippen LogP contribution in [0.4, 0.5) is 0 Å². The fraction of sp³-hybridized carbons (Fsp3) is 1.00. The Labute approximate surface area is 85.2 Å². The summed E-state index contributed by atoms with van der Waals surface area (Å²) in [6.45, 7) is 0. The summed E-state index contributed by atoms with van der Waals surface area (Å²) in [5.74, 6) is 0. The van der Waals surface area contributed by atoms with Gasteiger partial charge < -0.3 is 0 Å². The molecule has 0 aromatic rings. The van der Waals surface area contributed by atoms with E-state index < -0.39 is 0 Å². The minimum absolute atomic E-state index is 0. The Balaban J connectivity index is 0. The van der Waals surface area contributed by atoms with E-state index in [-0.39, 0.29) is 85.0 Å². The zero-order valence-electron chi connectivity index (χ0n) is 1.50. The monoisotopic (exact) mass is 198 g/mol. The lowest BCUT2D eigenvalue weighted by Crippen LogP contribution is 0.143. The molecule has 9 heavy (non-hydrogen) atoms. The molecule has 0 aromatic carbocycles. The second-order valence-electron chi connectivity index (χ2n) is 0. The van der Waals surface area contributed by atoms with E-state index in [9.17, 15) is 0 Å². The zero-order chi connectivity index (χ0) is 0. The van der Waals surface area contributed by atoms with Crippen LogP contribution in [0.5, 0.6) is 0 Å². The number of hydrogen-bond donors (Lipinski definition) is 0. The minimum atomic E-state index is 0. The summed E-state index contributed by atoms with van der Waals surface area (Å²) >= 11 is 0. The quantitative estimate of drug-likeness (QED) is 0.548. The Kier molecular flexibility index (Phi) is 44100. The van der Waals surface area contributed by atoms with Crippen LogP contribution in [0.3, 0.4) is 0 Å². The van der Waals surface area contributed by atoms with Crippen molar-refractivity contribution in [2.45, 2.75) is 44.6 Å². The summed E-state index contributed by atoms with van der Waals surface area (Å²) in [7, 11) is 0. The van der Waals surface area contributed by atoms with Gasteiger partial charge in [-0.3, -0.25) is 0 Å². The SMILES string of the molecule is C.C.C.C.C.C.S.S.S. The van der Waals surface area contributed by atoms with Crippen molar-refractivity contribution in [2.75, 3.05) is 0 Å². The molecule has 0 saturated carbocycles. The van der Waals surface area contributed by atoms with Crippen LogP contribution in [-0.4, -0.2) is 0 Å². The first-order valence-corrected chi connectivity index (χ1v) is 0. The highest BCUT2D eigenvalue weighted by Gasteiger charge is -0.0724. The Hall–Kier alpha value is 1.05. The van der Waals surface area contributed by atoms with Crippen molar-refractivity contribution in [3.05, 3.63) is 0 Å². The first-order valence-electron chi connectivity index (χ1n) is 0. The van der Waals surface area contributed by atoms with Crippen LogP contribution in [0, 0.1) is 0 Å². The average Bonchev–Trinajstić information content (AvgIpc) is 0. The average molecular weight is 199 g/mol. The van der Waals surface area contributed by atoms with Crippen molar-refractivity contribution in [3.8, 4) is 0 Å². The van der Waals surface area contributed by atoms with Crippen molar-refractivity contribution in [1.29, 1.82) is 0 Å². The van der Waals surface area contributed by atoms with Crippen LogP contribution in [0.2, 0.25) is 0 Å². The molecule has 0 atom stereocenters. The standard InChI is InChI=1S/6CH4.3H2S/h6*1H4;3*1H2. The van der Waals surface area contributed by atoms with Gasteiger partial charge in [-0.15, -0.1) is 0 Å². The van der Waals surface area contributed by atoms with E-state index in [0.717, 1.165) is 0 Å². The van der Waals surface area contributed by atoms with Crippen LogP contribution >= 0.6 is 40.5 Å². The molecule has 0 N–H and O–H groups in total. The fourth-order valence-electron chi connectivity index (χ4n) is 0. The zero-order valence-corrected chi connectivity index (χ0v) is 4.50. The molecular formula is C6H30S3. The maximum absolute atomic E-state index is 0. The molecule has 0 aliphatic rings. The second-order valence-corrected chi connectivity index (χ2v) is 0. The molecule has 0 rings (SSSR count). The van der Waals surface area contributed by atoms with Gasteiger partial charge in [0, 0.05) is 0 Å². The van der Waals surface area contributed by atoms with E-state index in [0.29, 0.717) is 0 Å². The molecule has 72 valence electrons. The van der Waals surface area contributed by atoms with Crippen molar-refractivity contribution in [2.24, 2.45) is 0 Å². The van der Waals surface area contributed by atoms with Crippen molar-refractivity contribution in [1.82, 2.24) is 0 Å². The van der Waals surface area contributed by atoms with Gasteiger partial charge in [0.1, 0.15) is 0 Å². The summed E-state index contributed by atoms with van der Waals surface area (Å²) in [4.78, 5) is 0. The van der Waals surface area contributed by atoms with E-state index in [1.54, 1.807) is 0 Å².